The van der Waals surface area contributed by atoms with Crippen molar-refractivity contribution in [3.8, 4) is 0 Å². The zero-order valence-corrected chi connectivity index (χ0v) is 14.0. The summed E-state index contributed by atoms with van der Waals surface area (Å²) < 4.78 is 4.81. The average molecular weight is 337 g/mol. The first-order chi connectivity index (χ1) is 9.39. The largest absolute Gasteiger partial charge is 0.466 e. The number of amides is 1. The number of nitrogens with one attached hydrogen (secondary N) is 1. The van der Waals surface area contributed by atoms with Crippen LogP contribution in [0.3, 0.4) is 0 Å². The number of nitrogens with zero attached hydrogens (tertiary/aromatic N) is 2. The van der Waals surface area contributed by atoms with Gasteiger partial charge in [-0.3, -0.25) is 14.9 Å². The van der Waals surface area contributed by atoms with Crippen LogP contribution in [0.2, 0.25) is 0 Å². The van der Waals surface area contributed by atoms with Gasteiger partial charge in [-0.25, -0.2) is 0 Å². The quantitative estimate of drug-likeness (QED) is 0.731. The molecular weight excluding hydrogens is 316 g/mol. The van der Waals surface area contributed by atoms with E-state index in [-0.39, 0.29) is 30.7 Å². The summed E-state index contributed by atoms with van der Waals surface area (Å²) in [4.78, 5) is 23.3. The van der Waals surface area contributed by atoms with Gasteiger partial charge in [-0.1, -0.05) is 24.7 Å². The van der Waals surface area contributed by atoms with E-state index in [4.69, 9.17) is 10.5 Å². The lowest BCUT2D eigenvalue weighted by Gasteiger charge is -2.21. The van der Waals surface area contributed by atoms with E-state index in [9.17, 15) is 9.59 Å². The van der Waals surface area contributed by atoms with Crippen molar-refractivity contribution in [2.75, 3.05) is 11.9 Å². The Labute approximate surface area is 134 Å². The van der Waals surface area contributed by atoms with Gasteiger partial charge in [0.25, 0.3) is 0 Å². The first kappa shape index (κ1) is 19.8. The summed E-state index contributed by atoms with van der Waals surface area (Å²) in [6.07, 6.45) is 1.44. The van der Waals surface area contributed by atoms with Crippen molar-refractivity contribution in [3.63, 3.8) is 0 Å². The maximum absolute atomic E-state index is 12.0. The summed E-state index contributed by atoms with van der Waals surface area (Å²) in [6, 6.07) is 0. The molecule has 1 heterocycles. The second-order valence-electron chi connectivity index (χ2n) is 4.60. The van der Waals surface area contributed by atoms with Gasteiger partial charge >= 0.3 is 5.97 Å². The van der Waals surface area contributed by atoms with Crippen LogP contribution >= 0.6 is 23.7 Å². The highest BCUT2D eigenvalue weighted by Crippen LogP contribution is 2.18. The Balaban J connectivity index is 0.00000400. The van der Waals surface area contributed by atoms with E-state index in [1.807, 2.05) is 6.92 Å². The fourth-order valence-electron chi connectivity index (χ4n) is 1.58. The summed E-state index contributed by atoms with van der Waals surface area (Å²) >= 11 is 1.14. The van der Waals surface area contributed by atoms with Crippen molar-refractivity contribution >= 4 is 40.8 Å². The number of carbonyl (C=O) groups is 2. The predicted molar refractivity (Wildman–Crippen MR) is 83.6 cm³/mol. The number of hydrogen-bond donors (Lipinski definition) is 2. The van der Waals surface area contributed by atoms with Crippen LogP contribution < -0.4 is 11.1 Å². The van der Waals surface area contributed by atoms with Crippen LogP contribution in [0.4, 0.5) is 5.13 Å². The molecule has 0 saturated carbocycles. The number of esters is 1. The molecule has 0 bridgehead atoms. The molecular formula is C12H21ClN4O3S. The number of carbonyl (C=O) groups excluding carboxylic acids is 2. The Bertz CT molecular complexity index is 479. The van der Waals surface area contributed by atoms with E-state index in [1.165, 1.54) is 0 Å². The first-order valence-corrected chi connectivity index (χ1v) is 7.29. The molecule has 7 nitrogen and oxygen atoms in total. The zero-order chi connectivity index (χ0) is 15.2. The highest BCUT2D eigenvalue weighted by Gasteiger charge is 2.28. The smallest absolute Gasteiger partial charge is 0.312 e. The number of ether oxygens (including phenoxy) is 1. The molecule has 120 valence electrons. The summed E-state index contributed by atoms with van der Waals surface area (Å²) in [7, 11) is 0. The van der Waals surface area contributed by atoms with Gasteiger partial charge in [0.05, 0.1) is 18.6 Å². The number of hydrogen-bond acceptors (Lipinski definition) is 7. The zero-order valence-electron chi connectivity index (χ0n) is 12.3. The molecule has 0 saturated heterocycles. The van der Waals surface area contributed by atoms with Crippen LogP contribution in [0.1, 0.15) is 38.6 Å². The molecule has 0 aliphatic carbocycles. The molecule has 0 fully saturated rings. The van der Waals surface area contributed by atoms with Gasteiger partial charge in [0.15, 0.2) is 0 Å². The number of nitrogens with two attached hydrogens (primary N) is 1. The fourth-order valence-corrected chi connectivity index (χ4v) is 2.30. The van der Waals surface area contributed by atoms with Crippen LogP contribution in [0.15, 0.2) is 0 Å². The molecule has 1 aromatic rings. The van der Waals surface area contributed by atoms with E-state index in [0.29, 0.717) is 23.2 Å². The highest BCUT2D eigenvalue weighted by atomic mass is 35.5. The normalized spacial score (nSPS) is 13.0. The van der Waals surface area contributed by atoms with Crippen LogP contribution in [0.5, 0.6) is 0 Å². The number of anilines is 1. The minimum absolute atomic E-state index is 0. The molecule has 0 aliphatic rings. The monoisotopic (exact) mass is 336 g/mol. The molecule has 0 radical (unpaired) electrons. The Morgan fingerprint density at radius 1 is 1.38 bits per heavy atom. The second-order valence-corrected chi connectivity index (χ2v) is 5.67. The standard InChI is InChI=1S/C12H20N4O3S.ClH/c1-4-6-12(3,13)10(18)14-11-16-15-8(20-11)7-9(17)19-5-2;/h4-7,13H2,1-3H3,(H,14,16,18);1H. The van der Waals surface area contributed by atoms with Crippen molar-refractivity contribution in [2.45, 2.75) is 45.6 Å². The van der Waals surface area contributed by atoms with E-state index in [2.05, 4.69) is 15.5 Å². The first-order valence-electron chi connectivity index (χ1n) is 6.47. The summed E-state index contributed by atoms with van der Waals surface area (Å²) in [6.45, 7) is 5.69. The Morgan fingerprint density at radius 3 is 2.62 bits per heavy atom. The second kappa shape index (κ2) is 8.91. The van der Waals surface area contributed by atoms with Crippen molar-refractivity contribution in [1.29, 1.82) is 0 Å². The number of halogens is 1. The Kier molecular flexibility index (Phi) is 8.38. The van der Waals surface area contributed by atoms with Crippen LogP contribution in [-0.2, 0) is 20.7 Å². The average Bonchev–Trinajstić information content (AvgIpc) is 2.76. The molecule has 1 atom stereocenters. The van der Waals surface area contributed by atoms with Crippen LogP contribution in [-0.4, -0.2) is 34.2 Å². The molecule has 1 amide bonds. The summed E-state index contributed by atoms with van der Waals surface area (Å²) in [5.74, 6) is -0.672. The predicted octanol–water partition coefficient (Wildman–Crippen LogP) is 1.52. The molecule has 0 aromatic carbocycles. The van der Waals surface area contributed by atoms with Gasteiger partial charge in [-0.15, -0.1) is 22.6 Å². The van der Waals surface area contributed by atoms with E-state index < -0.39 is 5.54 Å². The van der Waals surface area contributed by atoms with E-state index >= 15 is 0 Å². The highest BCUT2D eigenvalue weighted by molar-refractivity contribution is 7.15. The molecule has 1 aromatic heterocycles. The van der Waals surface area contributed by atoms with Gasteiger partial charge in [-0.05, 0) is 20.3 Å². The van der Waals surface area contributed by atoms with Crippen molar-refractivity contribution in [2.24, 2.45) is 5.73 Å². The van der Waals surface area contributed by atoms with Gasteiger partial charge in [0, 0.05) is 0 Å². The lowest BCUT2D eigenvalue weighted by atomic mass is 9.97. The minimum atomic E-state index is -0.943. The Hall–Kier alpha value is -1.25. The summed E-state index contributed by atoms with van der Waals surface area (Å²) in [5, 5.41) is 11.1. The Morgan fingerprint density at radius 2 is 2.05 bits per heavy atom. The maximum atomic E-state index is 12.0. The third-order valence-electron chi connectivity index (χ3n) is 2.58. The van der Waals surface area contributed by atoms with E-state index in [1.54, 1.807) is 13.8 Å². The molecule has 1 rings (SSSR count). The molecule has 1 unspecified atom stereocenters. The van der Waals surface area contributed by atoms with Crippen LogP contribution in [0.25, 0.3) is 0 Å². The molecule has 0 aliphatic heterocycles. The lowest BCUT2D eigenvalue weighted by Crippen LogP contribution is -2.48. The van der Waals surface area contributed by atoms with Gasteiger partial charge in [0.1, 0.15) is 5.01 Å². The van der Waals surface area contributed by atoms with Crippen molar-refractivity contribution < 1.29 is 14.3 Å². The van der Waals surface area contributed by atoms with E-state index in [0.717, 1.165) is 17.8 Å². The SMILES string of the molecule is CCCC(C)(N)C(=O)Nc1nnc(CC(=O)OCC)s1.Cl. The molecule has 3 N–H and O–H groups in total. The van der Waals surface area contributed by atoms with Crippen molar-refractivity contribution in [3.05, 3.63) is 5.01 Å². The number of rotatable bonds is 7. The van der Waals surface area contributed by atoms with Gasteiger partial charge in [-0.2, -0.15) is 0 Å². The summed E-state index contributed by atoms with van der Waals surface area (Å²) in [5.41, 5.74) is 4.97. The molecule has 9 heteroatoms. The lowest BCUT2D eigenvalue weighted by molar-refractivity contribution is -0.142. The topological polar surface area (TPSA) is 107 Å². The number of aromatic nitrogens is 2. The van der Waals surface area contributed by atoms with Crippen LogP contribution in [0, 0.1) is 0 Å². The minimum Gasteiger partial charge on any atom is -0.466 e. The van der Waals surface area contributed by atoms with Gasteiger partial charge < -0.3 is 10.5 Å². The molecule has 0 spiro atoms. The molecule has 21 heavy (non-hydrogen) atoms. The van der Waals surface area contributed by atoms with Crippen molar-refractivity contribution in [1.82, 2.24) is 10.2 Å². The maximum Gasteiger partial charge on any atom is 0.312 e. The third-order valence-corrected chi connectivity index (χ3v) is 3.41. The third kappa shape index (κ3) is 6.36. The van der Waals surface area contributed by atoms with Gasteiger partial charge in [0.2, 0.25) is 11.0 Å². The fraction of sp³-hybridized carbons (Fsp3) is 0.667.